The Balaban J connectivity index is 2.06. The molecule has 1 unspecified atom stereocenters. The minimum absolute atomic E-state index is 0.325. The van der Waals surface area contributed by atoms with Gasteiger partial charge in [0.25, 0.3) is 11.8 Å². The molecular weight excluding hydrogens is 294 g/mol. The van der Waals surface area contributed by atoms with Crippen molar-refractivity contribution in [3.05, 3.63) is 70.8 Å². The Bertz CT molecular complexity index is 798. The molecule has 0 spiro atoms. The zero-order chi connectivity index (χ0) is 16.6. The number of rotatable bonds is 4. The smallest absolute Gasteiger partial charge is 0.305 e. The Morgan fingerprint density at radius 3 is 2.35 bits per heavy atom. The van der Waals surface area contributed by atoms with Crippen LogP contribution in [0.15, 0.2) is 48.5 Å². The molecule has 1 N–H and O–H groups in total. The second-order valence-electron chi connectivity index (χ2n) is 5.55. The highest BCUT2D eigenvalue weighted by Crippen LogP contribution is 2.33. The molecular formula is C18H15NO4. The molecule has 1 atom stereocenters. The van der Waals surface area contributed by atoms with E-state index < -0.39 is 23.8 Å². The largest absolute Gasteiger partial charge is 0.481 e. The normalized spacial score (nSPS) is 14.7. The van der Waals surface area contributed by atoms with Gasteiger partial charge >= 0.3 is 5.97 Å². The summed E-state index contributed by atoms with van der Waals surface area (Å²) < 4.78 is 0. The van der Waals surface area contributed by atoms with Gasteiger partial charge < -0.3 is 5.11 Å². The van der Waals surface area contributed by atoms with Gasteiger partial charge in [0, 0.05) is 0 Å². The van der Waals surface area contributed by atoms with Crippen LogP contribution in [0.25, 0.3) is 0 Å². The maximum absolute atomic E-state index is 12.7. The zero-order valence-corrected chi connectivity index (χ0v) is 12.5. The van der Waals surface area contributed by atoms with E-state index in [4.69, 9.17) is 0 Å². The number of nitrogens with zero attached hydrogens (tertiary/aromatic N) is 1. The van der Waals surface area contributed by atoms with E-state index in [0.29, 0.717) is 16.7 Å². The second-order valence-corrected chi connectivity index (χ2v) is 5.55. The average molecular weight is 309 g/mol. The minimum Gasteiger partial charge on any atom is -0.481 e. The molecule has 23 heavy (non-hydrogen) atoms. The monoisotopic (exact) mass is 309 g/mol. The van der Waals surface area contributed by atoms with Crippen LogP contribution in [0.3, 0.4) is 0 Å². The van der Waals surface area contributed by atoms with Gasteiger partial charge in [0.2, 0.25) is 0 Å². The zero-order valence-electron chi connectivity index (χ0n) is 12.5. The van der Waals surface area contributed by atoms with Crippen LogP contribution in [0.1, 0.15) is 44.3 Å². The first-order chi connectivity index (χ1) is 11.0. The predicted molar refractivity (Wildman–Crippen MR) is 83.1 cm³/mol. The fourth-order valence-electron chi connectivity index (χ4n) is 2.86. The molecule has 0 saturated carbocycles. The molecule has 3 rings (SSSR count). The predicted octanol–water partition coefficient (Wildman–Crippen LogP) is 2.81. The molecule has 2 aromatic carbocycles. The molecule has 1 heterocycles. The van der Waals surface area contributed by atoms with Crippen molar-refractivity contribution in [2.75, 3.05) is 0 Å². The van der Waals surface area contributed by atoms with E-state index >= 15 is 0 Å². The molecule has 1 aliphatic rings. The number of carbonyl (C=O) groups is 3. The van der Waals surface area contributed by atoms with Crippen LogP contribution < -0.4 is 0 Å². The summed E-state index contributed by atoms with van der Waals surface area (Å²) >= 11 is 0. The molecule has 5 nitrogen and oxygen atoms in total. The summed E-state index contributed by atoms with van der Waals surface area (Å²) in [4.78, 5) is 37.6. The van der Waals surface area contributed by atoms with E-state index in [1.165, 1.54) is 0 Å². The molecule has 2 aromatic rings. The van der Waals surface area contributed by atoms with Crippen molar-refractivity contribution >= 4 is 17.8 Å². The summed E-state index contributed by atoms with van der Waals surface area (Å²) in [7, 11) is 0. The van der Waals surface area contributed by atoms with Gasteiger partial charge in [-0.25, -0.2) is 0 Å². The van der Waals surface area contributed by atoms with Crippen molar-refractivity contribution in [2.45, 2.75) is 19.4 Å². The van der Waals surface area contributed by atoms with Crippen LogP contribution in [0.4, 0.5) is 0 Å². The molecule has 0 radical (unpaired) electrons. The van der Waals surface area contributed by atoms with Gasteiger partial charge in [-0.15, -0.1) is 0 Å². The summed E-state index contributed by atoms with van der Waals surface area (Å²) in [6.45, 7) is 1.84. The van der Waals surface area contributed by atoms with E-state index in [1.807, 2.05) is 6.92 Å². The summed E-state index contributed by atoms with van der Waals surface area (Å²) in [5.41, 5.74) is 2.16. The third-order valence-corrected chi connectivity index (χ3v) is 3.94. The molecule has 0 bridgehead atoms. The maximum atomic E-state index is 12.7. The fourth-order valence-corrected chi connectivity index (χ4v) is 2.86. The number of carbonyl (C=O) groups excluding carboxylic acids is 2. The number of aliphatic carboxylic acids is 1. The summed E-state index contributed by atoms with van der Waals surface area (Å²) in [5, 5.41) is 9.19. The molecule has 1 aliphatic heterocycles. The van der Waals surface area contributed by atoms with Crippen LogP contribution in [0.5, 0.6) is 0 Å². The van der Waals surface area contributed by atoms with Crippen LogP contribution in [-0.4, -0.2) is 27.8 Å². The van der Waals surface area contributed by atoms with Gasteiger partial charge in [0.15, 0.2) is 0 Å². The number of carboxylic acids is 1. The van der Waals surface area contributed by atoms with Gasteiger partial charge in [-0.1, -0.05) is 42.0 Å². The number of imide groups is 1. The van der Waals surface area contributed by atoms with Gasteiger partial charge in [-0.3, -0.25) is 19.3 Å². The number of benzene rings is 2. The Labute approximate surface area is 133 Å². The Morgan fingerprint density at radius 1 is 1.04 bits per heavy atom. The number of fused-ring (bicyclic) bond motifs is 1. The lowest BCUT2D eigenvalue weighted by Crippen LogP contribution is -2.35. The summed E-state index contributed by atoms with van der Waals surface area (Å²) in [6, 6.07) is 13.0. The van der Waals surface area contributed by atoms with Crippen molar-refractivity contribution < 1.29 is 19.5 Å². The molecule has 0 saturated heterocycles. The quantitative estimate of drug-likeness (QED) is 0.881. The van der Waals surface area contributed by atoms with Crippen molar-refractivity contribution in [3.8, 4) is 0 Å². The maximum Gasteiger partial charge on any atom is 0.305 e. The van der Waals surface area contributed by atoms with E-state index in [-0.39, 0.29) is 6.42 Å². The van der Waals surface area contributed by atoms with Crippen LogP contribution in [-0.2, 0) is 4.79 Å². The lowest BCUT2D eigenvalue weighted by atomic mass is 10.0. The van der Waals surface area contributed by atoms with E-state index in [1.54, 1.807) is 48.5 Å². The SMILES string of the molecule is Cc1ccc2c(c1)C(=O)N(C(CC(=O)O)c1ccccc1)C2=O. The molecule has 116 valence electrons. The first-order valence-electron chi connectivity index (χ1n) is 7.24. The van der Waals surface area contributed by atoms with Gasteiger partial charge in [-0.05, 0) is 24.6 Å². The van der Waals surface area contributed by atoms with Gasteiger partial charge in [-0.2, -0.15) is 0 Å². The third kappa shape index (κ3) is 2.61. The average Bonchev–Trinajstić information content (AvgIpc) is 2.77. The highest BCUT2D eigenvalue weighted by Gasteiger charge is 2.41. The lowest BCUT2D eigenvalue weighted by Gasteiger charge is -2.25. The molecule has 2 amide bonds. The van der Waals surface area contributed by atoms with Crippen molar-refractivity contribution in [2.24, 2.45) is 0 Å². The van der Waals surface area contributed by atoms with Crippen LogP contribution in [0.2, 0.25) is 0 Å². The molecule has 0 aliphatic carbocycles. The van der Waals surface area contributed by atoms with Crippen molar-refractivity contribution in [1.82, 2.24) is 4.90 Å². The first-order valence-corrected chi connectivity index (χ1v) is 7.24. The highest BCUT2D eigenvalue weighted by atomic mass is 16.4. The highest BCUT2D eigenvalue weighted by molar-refractivity contribution is 6.21. The standard InChI is InChI=1S/C18H15NO4/c1-11-7-8-13-14(9-11)18(23)19(17(13)22)15(10-16(20)21)12-5-3-2-4-6-12/h2-9,15H,10H2,1H3,(H,20,21). The second kappa shape index (κ2) is 5.68. The van der Waals surface area contributed by atoms with Crippen LogP contribution in [0, 0.1) is 6.92 Å². The van der Waals surface area contributed by atoms with Crippen molar-refractivity contribution in [3.63, 3.8) is 0 Å². The molecule has 0 fully saturated rings. The number of amides is 2. The first kappa shape index (κ1) is 15.0. The fraction of sp³-hybridized carbons (Fsp3) is 0.167. The number of carboxylic acid groups (broad SMARTS) is 1. The number of aryl methyl sites for hydroxylation is 1. The van der Waals surface area contributed by atoms with E-state index in [9.17, 15) is 19.5 Å². The molecule has 5 heteroatoms. The van der Waals surface area contributed by atoms with Gasteiger partial charge in [0.1, 0.15) is 0 Å². The summed E-state index contributed by atoms with van der Waals surface area (Å²) in [6.07, 6.45) is -0.325. The third-order valence-electron chi connectivity index (χ3n) is 3.94. The number of hydrogen-bond donors (Lipinski definition) is 1. The Kier molecular flexibility index (Phi) is 3.70. The number of hydrogen-bond acceptors (Lipinski definition) is 3. The van der Waals surface area contributed by atoms with E-state index in [0.717, 1.165) is 10.5 Å². The van der Waals surface area contributed by atoms with Crippen molar-refractivity contribution in [1.29, 1.82) is 0 Å². The topological polar surface area (TPSA) is 74.7 Å². The molecule has 0 aromatic heterocycles. The lowest BCUT2D eigenvalue weighted by molar-refractivity contribution is -0.138. The minimum atomic E-state index is -1.06. The summed E-state index contributed by atoms with van der Waals surface area (Å²) in [5.74, 6) is -1.95. The van der Waals surface area contributed by atoms with E-state index in [2.05, 4.69) is 0 Å². The van der Waals surface area contributed by atoms with Gasteiger partial charge in [0.05, 0.1) is 23.6 Å². The Hall–Kier alpha value is -2.95. The Morgan fingerprint density at radius 2 is 1.70 bits per heavy atom. The van der Waals surface area contributed by atoms with Crippen LogP contribution >= 0.6 is 0 Å².